The molecule has 2 fully saturated rings. The van der Waals surface area contributed by atoms with Gasteiger partial charge < -0.3 is 10.2 Å². The first-order valence-corrected chi connectivity index (χ1v) is 4.78. The Morgan fingerprint density at radius 3 is 2.73 bits per heavy atom. The maximum absolute atomic E-state index is 3.35. The third-order valence-electron chi connectivity index (χ3n) is 2.89. The zero-order valence-corrected chi connectivity index (χ0v) is 7.34. The zero-order chi connectivity index (χ0) is 7.68. The van der Waals surface area contributed by atoms with Crippen molar-refractivity contribution in [1.29, 1.82) is 0 Å². The van der Waals surface area contributed by atoms with Gasteiger partial charge in [-0.05, 0) is 38.8 Å². The van der Waals surface area contributed by atoms with E-state index in [1.807, 2.05) is 0 Å². The Balaban J connectivity index is 1.70. The van der Waals surface area contributed by atoms with Crippen molar-refractivity contribution in [2.45, 2.75) is 25.3 Å². The number of hydrogen-bond acceptors (Lipinski definition) is 2. The third-order valence-corrected chi connectivity index (χ3v) is 2.89. The van der Waals surface area contributed by atoms with Gasteiger partial charge in [0, 0.05) is 19.1 Å². The number of hydrogen-bond donors (Lipinski definition) is 1. The van der Waals surface area contributed by atoms with E-state index < -0.39 is 0 Å². The minimum Gasteiger partial charge on any atom is -0.316 e. The SMILES string of the molecule is CNC1CCN(CC2CC2)C1. The molecule has 1 aliphatic heterocycles. The quantitative estimate of drug-likeness (QED) is 0.643. The van der Waals surface area contributed by atoms with Crippen molar-refractivity contribution in [3.63, 3.8) is 0 Å². The zero-order valence-electron chi connectivity index (χ0n) is 7.34. The number of nitrogens with one attached hydrogen (secondary N) is 1. The summed E-state index contributed by atoms with van der Waals surface area (Å²) >= 11 is 0. The predicted molar refractivity (Wildman–Crippen MR) is 46.6 cm³/mol. The molecule has 0 radical (unpaired) electrons. The molecule has 64 valence electrons. The molecule has 0 amide bonds. The molecule has 1 saturated carbocycles. The Morgan fingerprint density at radius 1 is 1.36 bits per heavy atom. The smallest absolute Gasteiger partial charge is 0.0204 e. The average Bonchev–Trinajstić information content (AvgIpc) is 2.68. The molecule has 2 aliphatic rings. The van der Waals surface area contributed by atoms with Crippen molar-refractivity contribution in [1.82, 2.24) is 10.2 Å². The summed E-state index contributed by atoms with van der Waals surface area (Å²) in [7, 11) is 2.07. The topological polar surface area (TPSA) is 15.3 Å². The minimum atomic E-state index is 0.772. The molecule has 0 aromatic rings. The normalized spacial score (nSPS) is 33.0. The molecule has 1 aliphatic carbocycles. The van der Waals surface area contributed by atoms with Crippen molar-refractivity contribution in [2.24, 2.45) is 5.92 Å². The van der Waals surface area contributed by atoms with Crippen LogP contribution in [0.15, 0.2) is 0 Å². The van der Waals surface area contributed by atoms with Crippen LogP contribution in [-0.2, 0) is 0 Å². The van der Waals surface area contributed by atoms with Gasteiger partial charge in [0.15, 0.2) is 0 Å². The molecule has 0 aromatic heterocycles. The maximum Gasteiger partial charge on any atom is 0.0204 e. The Kier molecular flexibility index (Phi) is 2.14. The molecule has 2 rings (SSSR count). The van der Waals surface area contributed by atoms with Gasteiger partial charge in [-0.3, -0.25) is 0 Å². The summed E-state index contributed by atoms with van der Waals surface area (Å²) in [6.45, 7) is 3.98. The van der Waals surface area contributed by atoms with Gasteiger partial charge >= 0.3 is 0 Å². The highest BCUT2D eigenvalue weighted by molar-refractivity contribution is 4.84. The number of likely N-dealkylation sites (tertiary alicyclic amines) is 1. The number of likely N-dealkylation sites (N-methyl/N-ethyl adjacent to an activating group) is 1. The van der Waals surface area contributed by atoms with Crippen LogP contribution in [0.4, 0.5) is 0 Å². The first kappa shape index (κ1) is 7.56. The lowest BCUT2D eigenvalue weighted by atomic mass is 10.3. The molecule has 11 heavy (non-hydrogen) atoms. The third kappa shape index (κ3) is 1.94. The lowest BCUT2D eigenvalue weighted by Crippen LogP contribution is -2.30. The molecule has 1 unspecified atom stereocenters. The largest absolute Gasteiger partial charge is 0.316 e. The van der Waals surface area contributed by atoms with E-state index >= 15 is 0 Å². The molecule has 1 saturated heterocycles. The van der Waals surface area contributed by atoms with Crippen LogP contribution in [0.1, 0.15) is 19.3 Å². The van der Waals surface area contributed by atoms with E-state index in [0.29, 0.717) is 0 Å². The van der Waals surface area contributed by atoms with Crippen LogP contribution in [0, 0.1) is 5.92 Å². The van der Waals surface area contributed by atoms with Crippen molar-refractivity contribution in [2.75, 3.05) is 26.7 Å². The fraction of sp³-hybridized carbons (Fsp3) is 1.00. The molecule has 2 heteroatoms. The average molecular weight is 154 g/mol. The standard InChI is InChI=1S/C9H18N2/c1-10-9-4-5-11(7-9)6-8-2-3-8/h8-10H,2-7H2,1H3. The van der Waals surface area contributed by atoms with Crippen LogP contribution in [-0.4, -0.2) is 37.6 Å². The molecule has 1 heterocycles. The van der Waals surface area contributed by atoms with Crippen LogP contribution < -0.4 is 5.32 Å². The van der Waals surface area contributed by atoms with Gasteiger partial charge in [-0.1, -0.05) is 0 Å². The summed E-state index contributed by atoms with van der Waals surface area (Å²) in [4.78, 5) is 2.61. The van der Waals surface area contributed by atoms with E-state index in [4.69, 9.17) is 0 Å². The van der Waals surface area contributed by atoms with Crippen molar-refractivity contribution < 1.29 is 0 Å². The lowest BCUT2D eigenvalue weighted by Gasteiger charge is -2.14. The van der Waals surface area contributed by atoms with E-state index in [2.05, 4.69) is 17.3 Å². The van der Waals surface area contributed by atoms with Gasteiger partial charge in [0.25, 0.3) is 0 Å². The molecular formula is C9H18N2. The Labute approximate surface area is 69.0 Å². The highest BCUT2D eigenvalue weighted by atomic mass is 15.2. The highest BCUT2D eigenvalue weighted by Crippen LogP contribution is 2.30. The molecule has 1 N–H and O–H groups in total. The second kappa shape index (κ2) is 3.11. The van der Waals surface area contributed by atoms with Crippen molar-refractivity contribution >= 4 is 0 Å². The van der Waals surface area contributed by atoms with Crippen LogP contribution in [0.25, 0.3) is 0 Å². The van der Waals surface area contributed by atoms with Gasteiger partial charge in [0.2, 0.25) is 0 Å². The second-order valence-corrected chi connectivity index (χ2v) is 3.98. The molecule has 1 atom stereocenters. The molecule has 2 nitrogen and oxygen atoms in total. The summed E-state index contributed by atoms with van der Waals surface area (Å²) < 4.78 is 0. The van der Waals surface area contributed by atoms with Gasteiger partial charge in [-0.15, -0.1) is 0 Å². The summed E-state index contributed by atoms with van der Waals surface area (Å²) in [6.07, 6.45) is 4.32. The van der Waals surface area contributed by atoms with Gasteiger partial charge in [-0.2, -0.15) is 0 Å². The lowest BCUT2D eigenvalue weighted by molar-refractivity contribution is 0.316. The second-order valence-electron chi connectivity index (χ2n) is 3.98. The van der Waals surface area contributed by atoms with E-state index in [0.717, 1.165) is 12.0 Å². The minimum absolute atomic E-state index is 0.772. The predicted octanol–water partition coefficient (Wildman–Crippen LogP) is 0.690. The first-order chi connectivity index (χ1) is 5.38. The number of rotatable bonds is 3. The first-order valence-electron chi connectivity index (χ1n) is 4.78. The number of nitrogens with zero attached hydrogens (tertiary/aromatic N) is 1. The molecule has 0 spiro atoms. The van der Waals surface area contributed by atoms with E-state index in [1.54, 1.807) is 0 Å². The van der Waals surface area contributed by atoms with Crippen molar-refractivity contribution in [3.8, 4) is 0 Å². The summed E-state index contributed by atoms with van der Waals surface area (Å²) in [5.41, 5.74) is 0. The van der Waals surface area contributed by atoms with Gasteiger partial charge in [0.1, 0.15) is 0 Å². The Morgan fingerprint density at radius 2 is 2.18 bits per heavy atom. The summed E-state index contributed by atoms with van der Waals surface area (Å²) in [6, 6.07) is 0.772. The van der Waals surface area contributed by atoms with Crippen LogP contribution in [0.5, 0.6) is 0 Å². The van der Waals surface area contributed by atoms with E-state index in [-0.39, 0.29) is 0 Å². The van der Waals surface area contributed by atoms with Gasteiger partial charge in [-0.25, -0.2) is 0 Å². The van der Waals surface area contributed by atoms with Crippen molar-refractivity contribution in [3.05, 3.63) is 0 Å². The summed E-state index contributed by atoms with van der Waals surface area (Å²) in [5.74, 6) is 1.06. The molecular weight excluding hydrogens is 136 g/mol. The molecule has 0 bridgehead atoms. The monoisotopic (exact) mass is 154 g/mol. The molecule has 0 aromatic carbocycles. The van der Waals surface area contributed by atoms with Crippen LogP contribution in [0.3, 0.4) is 0 Å². The van der Waals surface area contributed by atoms with E-state index in [1.165, 1.54) is 38.9 Å². The summed E-state index contributed by atoms with van der Waals surface area (Å²) in [5, 5.41) is 3.35. The Hall–Kier alpha value is -0.0800. The highest BCUT2D eigenvalue weighted by Gasteiger charge is 2.28. The van der Waals surface area contributed by atoms with Gasteiger partial charge in [0.05, 0.1) is 0 Å². The maximum atomic E-state index is 3.35. The van der Waals surface area contributed by atoms with Crippen LogP contribution >= 0.6 is 0 Å². The fourth-order valence-electron chi connectivity index (χ4n) is 1.90. The van der Waals surface area contributed by atoms with Crippen LogP contribution in [0.2, 0.25) is 0 Å². The van der Waals surface area contributed by atoms with E-state index in [9.17, 15) is 0 Å². The Bertz CT molecular complexity index is 132. The fourth-order valence-corrected chi connectivity index (χ4v) is 1.90.